The summed E-state index contributed by atoms with van der Waals surface area (Å²) >= 11 is 0. The van der Waals surface area contributed by atoms with E-state index in [1.807, 2.05) is 31.2 Å². The van der Waals surface area contributed by atoms with Gasteiger partial charge in [-0.25, -0.2) is 4.79 Å². The van der Waals surface area contributed by atoms with E-state index >= 15 is 0 Å². The van der Waals surface area contributed by atoms with Crippen LogP contribution >= 0.6 is 0 Å². The number of hydrogen-bond acceptors (Lipinski definition) is 3. The molecule has 0 aromatic heterocycles. The molecule has 130 valence electrons. The highest BCUT2D eigenvalue weighted by Gasteiger charge is 2.39. The van der Waals surface area contributed by atoms with E-state index in [1.165, 1.54) is 12.1 Å². The summed E-state index contributed by atoms with van der Waals surface area (Å²) in [7, 11) is 0. The molecule has 1 atom stereocenters. The maximum atomic E-state index is 12.5. The van der Waals surface area contributed by atoms with Gasteiger partial charge in [-0.1, -0.05) is 42.0 Å². The molecule has 2 aromatic carbocycles. The molecule has 1 saturated heterocycles. The molecule has 1 aliphatic rings. The van der Waals surface area contributed by atoms with Gasteiger partial charge in [0.1, 0.15) is 5.60 Å². The standard InChI is InChI=1S/C20H21NO4/c1-14-5-7-17(8-6-14)20(25)9-10-21(13-20)18(22)12-15-3-2-4-16(11-15)19(23)24/h2-8,11,25H,9-10,12-13H2,1H3,(H,23,24). The largest absolute Gasteiger partial charge is 0.478 e. The van der Waals surface area contributed by atoms with Crippen LogP contribution in [0.4, 0.5) is 0 Å². The Morgan fingerprint density at radius 1 is 1.16 bits per heavy atom. The zero-order valence-corrected chi connectivity index (χ0v) is 14.1. The van der Waals surface area contributed by atoms with Crippen molar-refractivity contribution in [2.24, 2.45) is 0 Å². The molecule has 2 aromatic rings. The lowest BCUT2D eigenvalue weighted by atomic mass is 9.92. The zero-order valence-electron chi connectivity index (χ0n) is 14.1. The summed E-state index contributed by atoms with van der Waals surface area (Å²) in [5.41, 5.74) is 1.75. The van der Waals surface area contributed by atoms with Crippen LogP contribution in [-0.2, 0) is 16.8 Å². The number of aromatic carboxylic acids is 1. The van der Waals surface area contributed by atoms with Crippen molar-refractivity contribution in [3.8, 4) is 0 Å². The van der Waals surface area contributed by atoms with Crippen molar-refractivity contribution in [2.45, 2.75) is 25.4 Å². The van der Waals surface area contributed by atoms with Gasteiger partial charge in [-0.2, -0.15) is 0 Å². The molecular formula is C20H21NO4. The molecule has 0 bridgehead atoms. The molecule has 1 fully saturated rings. The van der Waals surface area contributed by atoms with Gasteiger partial charge in [0.05, 0.1) is 18.5 Å². The second kappa shape index (κ2) is 6.69. The number of amides is 1. The second-order valence-electron chi connectivity index (χ2n) is 6.65. The maximum Gasteiger partial charge on any atom is 0.335 e. The fourth-order valence-electron chi connectivity index (χ4n) is 3.21. The van der Waals surface area contributed by atoms with Gasteiger partial charge in [-0.3, -0.25) is 4.79 Å². The average molecular weight is 339 g/mol. The fraction of sp³-hybridized carbons (Fsp3) is 0.300. The third-order valence-corrected chi connectivity index (χ3v) is 4.72. The smallest absolute Gasteiger partial charge is 0.335 e. The number of β-amino-alcohol motifs (C(OH)–C–C–N with tert-alkyl or cyclic N) is 1. The molecule has 5 nitrogen and oxygen atoms in total. The lowest BCUT2D eigenvalue weighted by Gasteiger charge is -2.24. The summed E-state index contributed by atoms with van der Waals surface area (Å²) in [6, 6.07) is 14.1. The molecule has 1 heterocycles. The minimum Gasteiger partial charge on any atom is -0.478 e. The molecular weight excluding hydrogens is 318 g/mol. The van der Waals surface area contributed by atoms with Gasteiger partial charge < -0.3 is 15.1 Å². The Bertz CT molecular complexity index is 800. The van der Waals surface area contributed by atoms with E-state index in [2.05, 4.69) is 0 Å². The van der Waals surface area contributed by atoms with E-state index in [0.717, 1.165) is 11.1 Å². The fourth-order valence-corrected chi connectivity index (χ4v) is 3.21. The van der Waals surface area contributed by atoms with Crippen LogP contribution in [0.25, 0.3) is 0 Å². The Labute approximate surface area is 146 Å². The predicted octanol–water partition coefficient (Wildman–Crippen LogP) is 2.36. The molecule has 0 aliphatic carbocycles. The minimum absolute atomic E-state index is 0.106. The first kappa shape index (κ1) is 17.2. The van der Waals surface area contributed by atoms with Gasteiger partial charge in [0.15, 0.2) is 0 Å². The highest BCUT2D eigenvalue weighted by atomic mass is 16.4. The van der Waals surface area contributed by atoms with E-state index in [4.69, 9.17) is 5.11 Å². The molecule has 2 N–H and O–H groups in total. The van der Waals surface area contributed by atoms with Crippen molar-refractivity contribution in [3.05, 3.63) is 70.8 Å². The molecule has 25 heavy (non-hydrogen) atoms. The van der Waals surface area contributed by atoms with Crippen LogP contribution in [-0.4, -0.2) is 40.1 Å². The van der Waals surface area contributed by atoms with Crippen LogP contribution in [0, 0.1) is 6.92 Å². The van der Waals surface area contributed by atoms with Crippen LogP contribution < -0.4 is 0 Å². The van der Waals surface area contributed by atoms with E-state index in [-0.39, 0.29) is 24.4 Å². The average Bonchev–Trinajstić information content (AvgIpc) is 2.99. The Balaban J connectivity index is 1.69. The van der Waals surface area contributed by atoms with Gasteiger partial charge in [-0.15, -0.1) is 0 Å². The molecule has 3 rings (SSSR count). The Hall–Kier alpha value is -2.66. The van der Waals surface area contributed by atoms with E-state index in [0.29, 0.717) is 18.5 Å². The number of hydrogen-bond donors (Lipinski definition) is 2. The molecule has 5 heteroatoms. The number of aryl methyl sites for hydroxylation is 1. The van der Waals surface area contributed by atoms with Crippen LogP contribution in [0.5, 0.6) is 0 Å². The lowest BCUT2D eigenvalue weighted by molar-refractivity contribution is -0.130. The topological polar surface area (TPSA) is 77.8 Å². The number of carbonyl (C=O) groups excluding carboxylic acids is 1. The van der Waals surface area contributed by atoms with Crippen molar-refractivity contribution < 1.29 is 19.8 Å². The van der Waals surface area contributed by atoms with Gasteiger partial charge >= 0.3 is 5.97 Å². The number of carbonyl (C=O) groups is 2. The van der Waals surface area contributed by atoms with Crippen LogP contribution in [0.3, 0.4) is 0 Å². The summed E-state index contributed by atoms with van der Waals surface area (Å²) < 4.78 is 0. The summed E-state index contributed by atoms with van der Waals surface area (Å²) in [6.07, 6.45) is 0.627. The number of carboxylic acids is 1. The number of carboxylic acid groups (broad SMARTS) is 1. The number of likely N-dealkylation sites (tertiary alicyclic amines) is 1. The third-order valence-electron chi connectivity index (χ3n) is 4.72. The summed E-state index contributed by atoms with van der Waals surface area (Å²) in [4.78, 5) is 25.2. The minimum atomic E-state index is -1.02. The van der Waals surface area contributed by atoms with Gasteiger partial charge in [0.2, 0.25) is 5.91 Å². The maximum absolute atomic E-state index is 12.5. The Kier molecular flexibility index (Phi) is 4.59. The summed E-state index contributed by atoms with van der Waals surface area (Å²) in [5.74, 6) is -1.12. The van der Waals surface area contributed by atoms with Crippen molar-refractivity contribution in [1.29, 1.82) is 0 Å². The van der Waals surface area contributed by atoms with Crippen molar-refractivity contribution in [1.82, 2.24) is 4.90 Å². The first-order valence-corrected chi connectivity index (χ1v) is 8.27. The van der Waals surface area contributed by atoms with E-state index in [1.54, 1.807) is 17.0 Å². The van der Waals surface area contributed by atoms with Crippen molar-refractivity contribution >= 4 is 11.9 Å². The quantitative estimate of drug-likeness (QED) is 0.896. The Morgan fingerprint density at radius 2 is 1.88 bits per heavy atom. The number of aliphatic hydroxyl groups is 1. The van der Waals surface area contributed by atoms with Crippen molar-refractivity contribution in [3.63, 3.8) is 0 Å². The van der Waals surface area contributed by atoms with Crippen molar-refractivity contribution in [2.75, 3.05) is 13.1 Å². The molecule has 0 spiro atoms. The van der Waals surface area contributed by atoms with Gasteiger partial charge in [-0.05, 0) is 36.6 Å². The van der Waals surface area contributed by atoms with Crippen LogP contribution in [0.1, 0.15) is 33.5 Å². The normalized spacial score (nSPS) is 19.8. The van der Waals surface area contributed by atoms with Gasteiger partial charge in [0.25, 0.3) is 0 Å². The predicted molar refractivity (Wildman–Crippen MR) is 93.4 cm³/mol. The van der Waals surface area contributed by atoms with Crippen LogP contribution in [0.15, 0.2) is 48.5 Å². The van der Waals surface area contributed by atoms with Gasteiger partial charge in [0, 0.05) is 6.54 Å². The first-order chi connectivity index (χ1) is 11.9. The molecule has 1 unspecified atom stereocenters. The van der Waals surface area contributed by atoms with E-state index < -0.39 is 11.6 Å². The highest BCUT2D eigenvalue weighted by molar-refractivity contribution is 5.88. The lowest BCUT2D eigenvalue weighted by Crippen LogP contribution is -2.35. The molecule has 0 saturated carbocycles. The highest BCUT2D eigenvalue weighted by Crippen LogP contribution is 2.32. The second-order valence-corrected chi connectivity index (χ2v) is 6.65. The summed E-state index contributed by atoms with van der Waals surface area (Å²) in [5, 5.41) is 19.9. The third kappa shape index (κ3) is 3.72. The summed E-state index contributed by atoms with van der Waals surface area (Å²) in [6.45, 7) is 2.74. The first-order valence-electron chi connectivity index (χ1n) is 8.27. The molecule has 1 amide bonds. The molecule has 1 aliphatic heterocycles. The zero-order chi connectivity index (χ0) is 18.0. The number of benzene rings is 2. The number of nitrogens with zero attached hydrogens (tertiary/aromatic N) is 1. The Morgan fingerprint density at radius 3 is 2.56 bits per heavy atom. The van der Waals surface area contributed by atoms with Crippen LogP contribution in [0.2, 0.25) is 0 Å². The molecule has 0 radical (unpaired) electrons. The monoisotopic (exact) mass is 339 g/mol. The SMILES string of the molecule is Cc1ccc(C2(O)CCN(C(=O)Cc3cccc(C(=O)O)c3)C2)cc1. The van der Waals surface area contributed by atoms with E-state index in [9.17, 15) is 14.7 Å². The number of rotatable bonds is 4.